The molecule has 1 atom stereocenters. The van der Waals surface area contributed by atoms with Crippen molar-refractivity contribution in [1.82, 2.24) is 14.5 Å². The van der Waals surface area contributed by atoms with Gasteiger partial charge in [-0.15, -0.1) is 11.3 Å². The van der Waals surface area contributed by atoms with Gasteiger partial charge >= 0.3 is 5.97 Å². The highest BCUT2D eigenvalue weighted by molar-refractivity contribution is 7.14. The Labute approximate surface area is 198 Å². The molecule has 11 heteroatoms. The summed E-state index contributed by atoms with van der Waals surface area (Å²) in [4.78, 5) is 44.4. The van der Waals surface area contributed by atoms with Gasteiger partial charge in [-0.05, 0) is 19.1 Å². The predicted molar refractivity (Wildman–Crippen MR) is 127 cm³/mol. The number of nitro groups is 1. The fraction of sp³-hybridized carbons (Fsp3) is 0.217. The second kappa shape index (κ2) is 9.79. The molecule has 2 aromatic heterocycles. The molecule has 0 aliphatic carbocycles. The number of carbonyl (C=O) groups excluding carboxylic acids is 2. The Bertz CT molecular complexity index is 1380. The number of aromatic nitrogens is 3. The van der Waals surface area contributed by atoms with E-state index in [0.29, 0.717) is 22.8 Å². The van der Waals surface area contributed by atoms with E-state index in [2.05, 4.69) is 15.3 Å². The van der Waals surface area contributed by atoms with Crippen molar-refractivity contribution in [3.8, 4) is 11.3 Å². The van der Waals surface area contributed by atoms with Crippen LogP contribution in [-0.4, -0.2) is 37.4 Å². The largest absolute Gasteiger partial charge is 0.451 e. The first-order chi connectivity index (χ1) is 16.4. The number of carbonyl (C=O) groups is 2. The van der Waals surface area contributed by atoms with Crippen molar-refractivity contribution in [2.45, 2.75) is 32.9 Å². The Kier molecular flexibility index (Phi) is 6.64. The third-order valence-corrected chi connectivity index (χ3v) is 5.86. The number of nitro benzene ring substituents is 1. The topological polar surface area (TPSA) is 129 Å². The fourth-order valence-corrected chi connectivity index (χ4v) is 4.16. The van der Waals surface area contributed by atoms with Gasteiger partial charge in [-0.2, -0.15) is 0 Å². The number of benzene rings is 2. The normalized spacial score (nSPS) is 11.8. The van der Waals surface area contributed by atoms with Gasteiger partial charge in [0.15, 0.2) is 11.2 Å². The van der Waals surface area contributed by atoms with Crippen LogP contribution >= 0.6 is 11.3 Å². The fourth-order valence-electron chi connectivity index (χ4n) is 3.44. The Morgan fingerprint density at radius 2 is 2.00 bits per heavy atom. The number of rotatable bonds is 8. The van der Waals surface area contributed by atoms with Crippen LogP contribution in [0.1, 0.15) is 19.7 Å². The number of ether oxygens (including phenoxy) is 1. The standard InChI is InChI=1S/C23H21N5O5S/c1-3-20-24-17-9-4-5-10-19(17)27(20)12-21(29)33-14(2)22(30)26-23-25-18(13-34-23)15-7-6-8-16(11-15)28(31)32/h4-11,13-14H,3,12H2,1-2H3,(H,25,26,30). The lowest BCUT2D eigenvalue weighted by atomic mass is 10.1. The minimum Gasteiger partial charge on any atom is -0.451 e. The van der Waals surface area contributed by atoms with Gasteiger partial charge in [0.25, 0.3) is 11.6 Å². The summed E-state index contributed by atoms with van der Waals surface area (Å²) in [6.45, 7) is 3.37. The molecule has 34 heavy (non-hydrogen) atoms. The van der Waals surface area contributed by atoms with Gasteiger partial charge < -0.3 is 9.30 Å². The average molecular weight is 480 g/mol. The molecule has 0 fully saturated rings. The highest BCUT2D eigenvalue weighted by atomic mass is 32.1. The quantitative estimate of drug-likeness (QED) is 0.228. The Morgan fingerprint density at radius 1 is 1.21 bits per heavy atom. The maximum absolute atomic E-state index is 12.5. The molecule has 0 aliphatic heterocycles. The van der Waals surface area contributed by atoms with Crippen LogP contribution in [0.2, 0.25) is 0 Å². The summed E-state index contributed by atoms with van der Waals surface area (Å²) in [7, 11) is 0. The van der Waals surface area contributed by atoms with Gasteiger partial charge in [-0.3, -0.25) is 25.0 Å². The van der Waals surface area contributed by atoms with Crippen molar-refractivity contribution >= 4 is 45.1 Å². The van der Waals surface area contributed by atoms with E-state index < -0.39 is 22.9 Å². The number of amides is 1. The van der Waals surface area contributed by atoms with Gasteiger partial charge in [-0.25, -0.2) is 9.97 Å². The van der Waals surface area contributed by atoms with Crippen LogP contribution in [0.15, 0.2) is 53.9 Å². The number of hydrogen-bond donors (Lipinski definition) is 1. The smallest absolute Gasteiger partial charge is 0.326 e. The van der Waals surface area contributed by atoms with Crippen LogP contribution in [0, 0.1) is 10.1 Å². The zero-order valence-corrected chi connectivity index (χ0v) is 19.2. The molecule has 2 heterocycles. The highest BCUT2D eigenvalue weighted by Crippen LogP contribution is 2.27. The molecule has 0 radical (unpaired) electrons. The Balaban J connectivity index is 1.39. The number of para-hydroxylation sites is 2. The first-order valence-corrected chi connectivity index (χ1v) is 11.4. The number of non-ortho nitro benzene ring substituents is 1. The van der Waals surface area contributed by atoms with Gasteiger partial charge in [0.1, 0.15) is 12.4 Å². The number of nitrogens with zero attached hydrogens (tertiary/aromatic N) is 4. The van der Waals surface area contributed by atoms with Crippen LogP contribution in [-0.2, 0) is 27.3 Å². The molecular weight excluding hydrogens is 458 g/mol. The molecule has 1 unspecified atom stereocenters. The van der Waals surface area contributed by atoms with Crippen molar-refractivity contribution in [3.05, 3.63) is 69.8 Å². The number of thiazole rings is 1. The van der Waals surface area contributed by atoms with Crippen LogP contribution in [0.25, 0.3) is 22.3 Å². The maximum Gasteiger partial charge on any atom is 0.326 e. The number of aryl methyl sites for hydroxylation is 1. The van der Waals surface area contributed by atoms with E-state index in [9.17, 15) is 19.7 Å². The second-order valence-electron chi connectivity index (χ2n) is 7.42. The van der Waals surface area contributed by atoms with E-state index in [0.717, 1.165) is 16.9 Å². The van der Waals surface area contributed by atoms with E-state index in [1.165, 1.54) is 30.4 Å². The summed E-state index contributed by atoms with van der Waals surface area (Å²) >= 11 is 1.17. The number of hydrogen-bond acceptors (Lipinski definition) is 8. The summed E-state index contributed by atoms with van der Waals surface area (Å²) in [5.41, 5.74) is 2.62. The van der Waals surface area contributed by atoms with Crippen LogP contribution < -0.4 is 5.32 Å². The summed E-state index contributed by atoms with van der Waals surface area (Å²) in [6, 6.07) is 13.6. The molecule has 4 aromatic rings. The molecular formula is C23H21N5O5S. The van der Waals surface area contributed by atoms with E-state index in [1.807, 2.05) is 31.2 Å². The zero-order chi connectivity index (χ0) is 24.2. The van der Waals surface area contributed by atoms with Crippen molar-refractivity contribution in [3.63, 3.8) is 0 Å². The van der Waals surface area contributed by atoms with Gasteiger partial charge in [0.2, 0.25) is 0 Å². The average Bonchev–Trinajstić information content (AvgIpc) is 3.43. The van der Waals surface area contributed by atoms with Crippen LogP contribution in [0.5, 0.6) is 0 Å². The summed E-state index contributed by atoms with van der Waals surface area (Å²) in [5.74, 6) is -0.330. The first kappa shape index (κ1) is 23.1. The maximum atomic E-state index is 12.5. The third kappa shape index (κ3) is 4.94. The summed E-state index contributed by atoms with van der Waals surface area (Å²) in [5, 5.41) is 15.6. The molecule has 2 aromatic carbocycles. The molecule has 0 saturated heterocycles. The van der Waals surface area contributed by atoms with Crippen molar-refractivity contribution < 1.29 is 19.2 Å². The zero-order valence-electron chi connectivity index (χ0n) is 18.4. The first-order valence-electron chi connectivity index (χ1n) is 10.5. The van der Waals surface area contributed by atoms with Crippen molar-refractivity contribution in [2.24, 2.45) is 0 Å². The molecule has 1 N–H and O–H groups in total. The van der Waals surface area contributed by atoms with Crippen molar-refractivity contribution in [2.75, 3.05) is 5.32 Å². The lowest BCUT2D eigenvalue weighted by Gasteiger charge is -2.14. The minimum absolute atomic E-state index is 0.0477. The molecule has 1 amide bonds. The molecule has 10 nitrogen and oxygen atoms in total. The third-order valence-electron chi connectivity index (χ3n) is 5.10. The molecule has 0 spiro atoms. The Hall–Kier alpha value is -4.12. The summed E-state index contributed by atoms with van der Waals surface area (Å²) in [6.07, 6.45) is -0.396. The predicted octanol–water partition coefficient (Wildman–Crippen LogP) is 4.20. The van der Waals surface area contributed by atoms with E-state index in [1.54, 1.807) is 22.1 Å². The van der Waals surface area contributed by atoms with E-state index >= 15 is 0 Å². The number of esters is 1. The lowest BCUT2D eigenvalue weighted by molar-refractivity contribution is -0.384. The number of nitrogens with one attached hydrogen (secondary N) is 1. The van der Waals surface area contributed by atoms with Gasteiger partial charge in [0.05, 0.1) is 21.7 Å². The number of fused-ring (bicyclic) bond motifs is 1. The molecule has 0 saturated carbocycles. The number of imidazole rings is 1. The van der Waals surface area contributed by atoms with Crippen molar-refractivity contribution in [1.29, 1.82) is 0 Å². The second-order valence-corrected chi connectivity index (χ2v) is 8.28. The minimum atomic E-state index is -1.04. The van der Waals surface area contributed by atoms with Gasteiger partial charge in [0, 0.05) is 29.5 Å². The van der Waals surface area contributed by atoms with E-state index in [4.69, 9.17) is 4.74 Å². The molecule has 174 valence electrons. The van der Waals surface area contributed by atoms with Crippen LogP contribution in [0.4, 0.5) is 10.8 Å². The van der Waals surface area contributed by atoms with Crippen LogP contribution in [0.3, 0.4) is 0 Å². The monoisotopic (exact) mass is 479 g/mol. The number of anilines is 1. The van der Waals surface area contributed by atoms with E-state index in [-0.39, 0.29) is 12.2 Å². The SMILES string of the molecule is CCc1nc2ccccc2n1CC(=O)OC(C)C(=O)Nc1nc(-c2cccc([N+](=O)[O-])c2)cs1. The molecule has 0 aliphatic rings. The lowest BCUT2D eigenvalue weighted by Crippen LogP contribution is -2.31. The molecule has 0 bridgehead atoms. The highest BCUT2D eigenvalue weighted by Gasteiger charge is 2.21. The molecule has 4 rings (SSSR count). The summed E-state index contributed by atoms with van der Waals surface area (Å²) < 4.78 is 7.13. The Morgan fingerprint density at radius 3 is 2.76 bits per heavy atom. The van der Waals surface area contributed by atoms with Gasteiger partial charge in [-0.1, -0.05) is 31.2 Å².